The van der Waals surface area contributed by atoms with E-state index >= 15 is 0 Å². The lowest BCUT2D eigenvalue weighted by atomic mass is 10.2. The molecule has 0 bridgehead atoms. The van der Waals surface area contributed by atoms with Gasteiger partial charge in [-0.1, -0.05) is 0 Å². The molecular weight excluding hydrogens is 360 g/mol. The Balaban J connectivity index is 1.65. The average molecular weight is 386 g/mol. The molecule has 2 aromatic rings. The minimum atomic E-state index is -0.515. The smallest absolute Gasteiger partial charge is 0.373 e. The lowest BCUT2D eigenvalue weighted by Gasteiger charge is -2.23. The highest BCUT2D eigenvalue weighted by Gasteiger charge is 2.13. The van der Waals surface area contributed by atoms with Crippen molar-refractivity contribution in [2.75, 3.05) is 26.8 Å². The standard InChI is InChI=1S/C21H26N2O5/c1-3-26-20-13-16(14-22-23-11-5-4-6-12-23)7-9-18(20)27-15-17-8-10-19(28-17)21(24)25-2/h7-10,13-14H,3-6,11-12,15H2,1-2H3/b22-14-. The summed E-state index contributed by atoms with van der Waals surface area (Å²) in [5.74, 6) is 1.41. The van der Waals surface area contributed by atoms with Gasteiger partial charge >= 0.3 is 5.97 Å². The third kappa shape index (κ3) is 5.28. The average Bonchev–Trinajstić information content (AvgIpc) is 3.21. The van der Waals surface area contributed by atoms with Gasteiger partial charge in [0.05, 0.1) is 19.9 Å². The van der Waals surface area contributed by atoms with E-state index in [4.69, 9.17) is 13.9 Å². The van der Waals surface area contributed by atoms with Crippen LogP contribution in [0.5, 0.6) is 11.5 Å². The zero-order chi connectivity index (χ0) is 19.8. The first-order chi connectivity index (χ1) is 13.7. The van der Waals surface area contributed by atoms with Crippen LogP contribution in [0.15, 0.2) is 39.9 Å². The third-order valence-electron chi connectivity index (χ3n) is 4.39. The maximum absolute atomic E-state index is 11.5. The zero-order valence-corrected chi connectivity index (χ0v) is 16.3. The fourth-order valence-corrected chi connectivity index (χ4v) is 2.95. The molecule has 0 unspecified atom stereocenters. The summed E-state index contributed by atoms with van der Waals surface area (Å²) in [7, 11) is 1.31. The molecule has 0 atom stereocenters. The van der Waals surface area contributed by atoms with Crippen LogP contribution in [-0.2, 0) is 11.3 Å². The van der Waals surface area contributed by atoms with E-state index in [1.54, 1.807) is 12.1 Å². The van der Waals surface area contributed by atoms with Crippen molar-refractivity contribution < 1.29 is 23.4 Å². The van der Waals surface area contributed by atoms with Gasteiger partial charge in [-0.05, 0) is 62.1 Å². The number of furan rings is 1. The lowest BCUT2D eigenvalue weighted by molar-refractivity contribution is 0.0561. The fourth-order valence-electron chi connectivity index (χ4n) is 2.95. The minimum Gasteiger partial charge on any atom is -0.490 e. The monoisotopic (exact) mass is 386 g/mol. The summed E-state index contributed by atoms with van der Waals surface area (Å²) < 4.78 is 21.6. The number of esters is 1. The Morgan fingerprint density at radius 1 is 1.14 bits per heavy atom. The number of carbonyl (C=O) groups is 1. The molecular formula is C21H26N2O5. The maximum Gasteiger partial charge on any atom is 0.373 e. The molecule has 0 aliphatic carbocycles. The molecule has 7 nitrogen and oxygen atoms in total. The zero-order valence-electron chi connectivity index (χ0n) is 16.3. The van der Waals surface area contributed by atoms with Gasteiger partial charge in [-0.15, -0.1) is 0 Å². The second-order valence-corrected chi connectivity index (χ2v) is 6.44. The van der Waals surface area contributed by atoms with Gasteiger partial charge in [0.15, 0.2) is 11.5 Å². The van der Waals surface area contributed by atoms with E-state index in [-0.39, 0.29) is 12.4 Å². The van der Waals surface area contributed by atoms with Crippen molar-refractivity contribution >= 4 is 12.2 Å². The molecule has 0 radical (unpaired) electrons. The van der Waals surface area contributed by atoms with Crippen molar-refractivity contribution in [3.8, 4) is 11.5 Å². The van der Waals surface area contributed by atoms with Crippen molar-refractivity contribution in [3.63, 3.8) is 0 Å². The molecule has 1 aromatic heterocycles. The Morgan fingerprint density at radius 3 is 2.71 bits per heavy atom. The van der Waals surface area contributed by atoms with Crippen LogP contribution in [0.4, 0.5) is 0 Å². The number of hydrogen-bond acceptors (Lipinski definition) is 7. The van der Waals surface area contributed by atoms with Crippen LogP contribution in [0.2, 0.25) is 0 Å². The van der Waals surface area contributed by atoms with Gasteiger partial charge in [0.2, 0.25) is 5.76 Å². The highest BCUT2D eigenvalue weighted by atomic mass is 16.5. The van der Waals surface area contributed by atoms with Gasteiger partial charge in [-0.3, -0.25) is 5.01 Å². The summed E-state index contributed by atoms with van der Waals surface area (Å²) in [6.45, 7) is 4.64. The van der Waals surface area contributed by atoms with Gasteiger partial charge in [-0.2, -0.15) is 5.10 Å². The summed E-state index contributed by atoms with van der Waals surface area (Å²) >= 11 is 0. The van der Waals surface area contributed by atoms with Crippen LogP contribution in [0.25, 0.3) is 0 Å². The van der Waals surface area contributed by atoms with Crippen LogP contribution in [0.3, 0.4) is 0 Å². The van der Waals surface area contributed by atoms with E-state index < -0.39 is 5.97 Å². The van der Waals surface area contributed by atoms with E-state index in [2.05, 4.69) is 14.8 Å². The van der Waals surface area contributed by atoms with Gasteiger partial charge in [-0.25, -0.2) is 4.79 Å². The van der Waals surface area contributed by atoms with Crippen LogP contribution in [0.1, 0.15) is 48.1 Å². The Morgan fingerprint density at radius 2 is 1.96 bits per heavy atom. The quantitative estimate of drug-likeness (QED) is 0.507. The lowest BCUT2D eigenvalue weighted by Crippen LogP contribution is -2.24. The van der Waals surface area contributed by atoms with E-state index in [9.17, 15) is 4.79 Å². The van der Waals surface area contributed by atoms with E-state index in [0.717, 1.165) is 18.7 Å². The van der Waals surface area contributed by atoms with Crippen LogP contribution >= 0.6 is 0 Å². The Kier molecular flexibility index (Phi) is 6.94. The van der Waals surface area contributed by atoms with Crippen LogP contribution in [0, 0.1) is 0 Å². The van der Waals surface area contributed by atoms with Crippen molar-refractivity contribution in [3.05, 3.63) is 47.4 Å². The van der Waals surface area contributed by atoms with Crippen molar-refractivity contribution in [2.24, 2.45) is 5.10 Å². The number of ether oxygens (including phenoxy) is 3. The van der Waals surface area contributed by atoms with Gasteiger partial charge < -0.3 is 18.6 Å². The first-order valence-electron chi connectivity index (χ1n) is 9.55. The molecule has 1 aliphatic heterocycles. The summed E-state index contributed by atoms with van der Waals surface area (Å²) in [6.07, 6.45) is 5.52. The van der Waals surface area contributed by atoms with Crippen molar-refractivity contribution in [2.45, 2.75) is 32.8 Å². The molecule has 0 spiro atoms. The summed E-state index contributed by atoms with van der Waals surface area (Å²) in [5, 5.41) is 6.66. The summed E-state index contributed by atoms with van der Waals surface area (Å²) in [6, 6.07) is 8.95. The SMILES string of the molecule is CCOc1cc(/C=N\N2CCCCC2)ccc1OCc1ccc(C(=O)OC)o1. The Bertz CT molecular complexity index is 809. The number of rotatable bonds is 8. The first-order valence-corrected chi connectivity index (χ1v) is 9.55. The van der Waals surface area contributed by atoms with E-state index in [1.807, 2.05) is 31.3 Å². The molecule has 1 fully saturated rings. The number of nitrogens with zero attached hydrogens (tertiary/aromatic N) is 2. The number of benzene rings is 1. The second kappa shape index (κ2) is 9.82. The predicted molar refractivity (Wildman–Crippen MR) is 105 cm³/mol. The molecule has 7 heteroatoms. The molecule has 150 valence electrons. The molecule has 0 saturated carbocycles. The number of hydrazone groups is 1. The fraction of sp³-hybridized carbons (Fsp3) is 0.429. The highest BCUT2D eigenvalue weighted by Crippen LogP contribution is 2.29. The summed E-state index contributed by atoms with van der Waals surface area (Å²) in [5.41, 5.74) is 0.951. The van der Waals surface area contributed by atoms with Crippen LogP contribution < -0.4 is 9.47 Å². The number of piperidine rings is 1. The van der Waals surface area contributed by atoms with Crippen LogP contribution in [-0.4, -0.2) is 44.0 Å². The van der Waals surface area contributed by atoms with Gasteiger partial charge in [0.1, 0.15) is 12.4 Å². The molecule has 0 N–H and O–H groups in total. The molecule has 3 rings (SSSR count). The molecule has 28 heavy (non-hydrogen) atoms. The van der Waals surface area contributed by atoms with Crippen molar-refractivity contribution in [1.82, 2.24) is 5.01 Å². The first kappa shape index (κ1) is 19.8. The predicted octanol–water partition coefficient (Wildman–Crippen LogP) is 3.86. The second-order valence-electron chi connectivity index (χ2n) is 6.44. The van der Waals surface area contributed by atoms with Gasteiger partial charge in [0, 0.05) is 13.1 Å². The Labute approximate surface area is 164 Å². The topological polar surface area (TPSA) is 73.5 Å². The van der Waals surface area contributed by atoms with Gasteiger partial charge in [0.25, 0.3) is 0 Å². The number of methoxy groups -OCH3 is 1. The van der Waals surface area contributed by atoms with E-state index in [1.165, 1.54) is 26.4 Å². The number of hydrogen-bond donors (Lipinski definition) is 0. The normalized spacial score (nSPS) is 14.3. The molecule has 0 amide bonds. The Hall–Kier alpha value is -2.96. The van der Waals surface area contributed by atoms with Crippen molar-refractivity contribution in [1.29, 1.82) is 0 Å². The molecule has 1 aliphatic rings. The maximum atomic E-state index is 11.5. The molecule has 1 aromatic carbocycles. The third-order valence-corrected chi connectivity index (χ3v) is 4.39. The largest absolute Gasteiger partial charge is 0.490 e. The molecule has 1 saturated heterocycles. The number of carbonyl (C=O) groups excluding carboxylic acids is 1. The minimum absolute atomic E-state index is 0.149. The van der Waals surface area contributed by atoms with E-state index in [0.29, 0.717) is 23.9 Å². The molecule has 2 heterocycles. The highest BCUT2D eigenvalue weighted by molar-refractivity contribution is 5.86. The summed E-state index contributed by atoms with van der Waals surface area (Å²) in [4.78, 5) is 11.5.